The maximum Gasteiger partial charge on any atom is 0.309 e. The number of hydrogen-bond donors (Lipinski definition) is 2. The van der Waals surface area contributed by atoms with Crippen LogP contribution in [0.1, 0.15) is 36.6 Å². The molecular formula is C14H22N2O3S. The topological polar surface area (TPSA) is 67.4 Å². The molecule has 1 heterocycles. The van der Waals surface area contributed by atoms with Gasteiger partial charge in [0.05, 0.1) is 0 Å². The number of aryl methyl sites for hydroxylation is 1. The first-order valence-electron chi connectivity index (χ1n) is 6.42. The molecule has 0 radical (unpaired) electrons. The van der Waals surface area contributed by atoms with Crippen molar-refractivity contribution >= 4 is 23.2 Å². The van der Waals surface area contributed by atoms with Crippen LogP contribution in [0.3, 0.4) is 0 Å². The van der Waals surface area contributed by atoms with Gasteiger partial charge in [0.15, 0.2) is 0 Å². The van der Waals surface area contributed by atoms with Gasteiger partial charge < -0.3 is 15.4 Å². The van der Waals surface area contributed by atoms with Crippen LogP contribution in [-0.4, -0.2) is 31.0 Å². The molecule has 5 nitrogen and oxygen atoms in total. The second-order valence-electron chi connectivity index (χ2n) is 5.59. The SMILES string of the molecule is COC(CNC(=O)C(=O)NC(C)(C)C)c1ccc(C)s1. The summed E-state index contributed by atoms with van der Waals surface area (Å²) in [5.41, 5.74) is -0.431. The highest BCUT2D eigenvalue weighted by Gasteiger charge is 2.21. The molecule has 0 fully saturated rings. The van der Waals surface area contributed by atoms with Gasteiger partial charge in [0, 0.05) is 28.9 Å². The number of thiophene rings is 1. The Labute approximate surface area is 123 Å². The molecule has 0 aromatic carbocycles. The summed E-state index contributed by atoms with van der Waals surface area (Å²) in [5, 5.41) is 5.21. The summed E-state index contributed by atoms with van der Waals surface area (Å²) in [5.74, 6) is -1.27. The summed E-state index contributed by atoms with van der Waals surface area (Å²) < 4.78 is 5.34. The van der Waals surface area contributed by atoms with Crippen LogP contribution in [-0.2, 0) is 14.3 Å². The lowest BCUT2D eigenvalue weighted by atomic mass is 10.1. The van der Waals surface area contributed by atoms with Crippen molar-refractivity contribution in [3.63, 3.8) is 0 Å². The van der Waals surface area contributed by atoms with Crippen LogP contribution in [0.2, 0.25) is 0 Å². The van der Waals surface area contributed by atoms with Crippen molar-refractivity contribution in [1.29, 1.82) is 0 Å². The van der Waals surface area contributed by atoms with E-state index in [0.29, 0.717) is 0 Å². The van der Waals surface area contributed by atoms with Crippen molar-refractivity contribution in [3.05, 3.63) is 21.9 Å². The first kappa shape index (κ1) is 16.7. The van der Waals surface area contributed by atoms with Crippen molar-refractivity contribution in [2.24, 2.45) is 0 Å². The predicted molar refractivity (Wildman–Crippen MR) is 79.7 cm³/mol. The zero-order valence-electron chi connectivity index (χ0n) is 12.6. The lowest BCUT2D eigenvalue weighted by molar-refractivity contribution is -0.140. The van der Waals surface area contributed by atoms with Gasteiger partial charge in [-0.05, 0) is 39.8 Å². The molecular weight excluding hydrogens is 276 g/mol. The number of ether oxygens (including phenoxy) is 1. The Hall–Kier alpha value is -1.40. The lowest BCUT2D eigenvalue weighted by Crippen LogP contribution is -2.48. The van der Waals surface area contributed by atoms with Crippen molar-refractivity contribution < 1.29 is 14.3 Å². The lowest BCUT2D eigenvalue weighted by Gasteiger charge is -2.20. The minimum absolute atomic E-state index is 0.236. The second kappa shape index (κ2) is 6.85. The van der Waals surface area contributed by atoms with Crippen LogP contribution in [0.4, 0.5) is 0 Å². The monoisotopic (exact) mass is 298 g/mol. The summed E-state index contributed by atoms with van der Waals surface area (Å²) in [6.45, 7) is 7.75. The molecule has 112 valence electrons. The third-order valence-corrected chi connectivity index (χ3v) is 3.60. The van der Waals surface area contributed by atoms with Gasteiger partial charge in [-0.1, -0.05) is 0 Å². The van der Waals surface area contributed by atoms with Crippen molar-refractivity contribution in [2.75, 3.05) is 13.7 Å². The Balaban J connectivity index is 2.52. The third kappa shape index (κ3) is 5.30. The highest BCUT2D eigenvalue weighted by molar-refractivity contribution is 7.12. The minimum atomic E-state index is -0.643. The minimum Gasteiger partial charge on any atom is -0.374 e. The molecule has 0 aliphatic carbocycles. The standard InChI is InChI=1S/C14H22N2O3S/c1-9-6-7-11(20-9)10(19-5)8-15-12(17)13(18)16-14(2,3)4/h6-7,10H,8H2,1-5H3,(H,15,17)(H,16,18). The zero-order valence-corrected chi connectivity index (χ0v) is 13.4. The smallest absolute Gasteiger partial charge is 0.309 e. The van der Waals surface area contributed by atoms with Crippen LogP contribution < -0.4 is 10.6 Å². The molecule has 0 saturated carbocycles. The molecule has 2 N–H and O–H groups in total. The van der Waals surface area contributed by atoms with Crippen LogP contribution in [0.5, 0.6) is 0 Å². The largest absolute Gasteiger partial charge is 0.374 e. The molecule has 0 saturated heterocycles. The number of amides is 2. The fourth-order valence-corrected chi connectivity index (χ4v) is 2.54. The number of carbonyl (C=O) groups excluding carboxylic acids is 2. The zero-order chi connectivity index (χ0) is 15.3. The number of rotatable bonds is 4. The normalized spacial score (nSPS) is 12.8. The van der Waals surface area contributed by atoms with E-state index in [-0.39, 0.29) is 12.6 Å². The van der Waals surface area contributed by atoms with Crippen molar-refractivity contribution in [2.45, 2.75) is 39.3 Å². The quantitative estimate of drug-likeness (QED) is 0.833. The number of carbonyl (C=O) groups is 2. The molecule has 1 aromatic heterocycles. The van der Waals surface area contributed by atoms with E-state index >= 15 is 0 Å². The molecule has 0 aliphatic heterocycles. The molecule has 0 bridgehead atoms. The van der Waals surface area contributed by atoms with Gasteiger partial charge in [0.1, 0.15) is 6.10 Å². The van der Waals surface area contributed by atoms with Crippen LogP contribution in [0.15, 0.2) is 12.1 Å². The van der Waals surface area contributed by atoms with Gasteiger partial charge in [-0.25, -0.2) is 0 Å². The van der Waals surface area contributed by atoms with Crippen LogP contribution >= 0.6 is 11.3 Å². The maximum absolute atomic E-state index is 11.7. The molecule has 0 aliphatic rings. The Kier molecular flexibility index (Phi) is 5.71. The summed E-state index contributed by atoms with van der Waals surface area (Å²) in [4.78, 5) is 25.5. The summed E-state index contributed by atoms with van der Waals surface area (Å²) in [6, 6.07) is 3.97. The van der Waals surface area contributed by atoms with E-state index in [4.69, 9.17) is 4.74 Å². The molecule has 1 unspecified atom stereocenters. The molecule has 1 atom stereocenters. The van der Waals surface area contributed by atoms with E-state index in [1.807, 2.05) is 39.8 Å². The predicted octanol–water partition coefficient (Wildman–Crippen LogP) is 1.77. The molecule has 1 rings (SSSR count). The number of hydrogen-bond acceptors (Lipinski definition) is 4. The summed E-state index contributed by atoms with van der Waals surface area (Å²) in [7, 11) is 1.58. The van der Waals surface area contributed by atoms with Crippen LogP contribution in [0, 0.1) is 6.92 Å². The second-order valence-corrected chi connectivity index (χ2v) is 6.91. The Morgan fingerprint density at radius 1 is 1.30 bits per heavy atom. The fourth-order valence-electron chi connectivity index (χ4n) is 1.59. The van der Waals surface area contributed by atoms with E-state index in [0.717, 1.165) is 4.88 Å². The molecule has 20 heavy (non-hydrogen) atoms. The number of nitrogens with one attached hydrogen (secondary N) is 2. The first-order valence-corrected chi connectivity index (χ1v) is 7.24. The van der Waals surface area contributed by atoms with E-state index in [9.17, 15) is 9.59 Å². The maximum atomic E-state index is 11.7. The van der Waals surface area contributed by atoms with Gasteiger partial charge in [-0.15, -0.1) is 11.3 Å². The molecule has 0 spiro atoms. The average molecular weight is 298 g/mol. The van der Waals surface area contributed by atoms with E-state index < -0.39 is 17.4 Å². The highest BCUT2D eigenvalue weighted by atomic mass is 32.1. The van der Waals surface area contributed by atoms with Gasteiger partial charge >= 0.3 is 11.8 Å². The van der Waals surface area contributed by atoms with E-state index in [1.165, 1.54) is 4.88 Å². The Morgan fingerprint density at radius 3 is 2.40 bits per heavy atom. The van der Waals surface area contributed by atoms with Crippen molar-refractivity contribution in [1.82, 2.24) is 10.6 Å². The fraction of sp³-hybridized carbons (Fsp3) is 0.571. The molecule has 6 heteroatoms. The van der Waals surface area contributed by atoms with Gasteiger partial charge in [0.2, 0.25) is 0 Å². The van der Waals surface area contributed by atoms with Gasteiger partial charge in [-0.2, -0.15) is 0 Å². The third-order valence-electron chi connectivity index (χ3n) is 2.51. The summed E-state index contributed by atoms with van der Waals surface area (Å²) in [6.07, 6.45) is -0.236. The molecule has 2 amide bonds. The molecule has 1 aromatic rings. The Bertz CT molecular complexity index is 477. The van der Waals surface area contributed by atoms with Gasteiger partial charge in [0.25, 0.3) is 0 Å². The average Bonchev–Trinajstić information content (AvgIpc) is 2.74. The Morgan fingerprint density at radius 2 is 1.95 bits per heavy atom. The van der Waals surface area contributed by atoms with Crippen LogP contribution in [0.25, 0.3) is 0 Å². The number of methoxy groups -OCH3 is 1. The van der Waals surface area contributed by atoms with E-state index in [2.05, 4.69) is 10.6 Å². The van der Waals surface area contributed by atoms with Gasteiger partial charge in [-0.3, -0.25) is 9.59 Å². The van der Waals surface area contributed by atoms with E-state index in [1.54, 1.807) is 18.4 Å². The first-order chi connectivity index (χ1) is 9.23. The summed E-state index contributed by atoms with van der Waals surface area (Å²) >= 11 is 1.61. The highest BCUT2D eigenvalue weighted by Crippen LogP contribution is 2.24. The van der Waals surface area contributed by atoms with Crippen molar-refractivity contribution in [3.8, 4) is 0 Å².